The molecule has 4 aromatic rings. The zero-order valence-electron chi connectivity index (χ0n) is 17.3. The number of aliphatic hydroxyl groups excluding tert-OH is 1. The molecule has 2 atom stereocenters. The average Bonchev–Trinajstić information content (AvgIpc) is 3.46. The highest BCUT2D eigenvalue weighted by Crippen LogP contribution is 2.39. The van der Waals surface area contributed by atoms with Gasteiger partial charge in [0.2, 0.25) is 5.89 Å². The van der Waals surface area contributed by atoms with Crippen LogP contribution in [-0.2, 0) is 6.54 Å². The molecule has 1 amide bonds. The molecule has 5 rings (SSSR count). The number of carbonyl (C=O) groups excluding carboxylic acids is 1. The summed E-state index contributed by atoms with van der Waals surface area (Å²) < 4.78 is 30.6. The van der Waals surface area contributed by atoms with E-state index < -0.39 is 24.5 Å². The first-order valence-corrected chi connectivity index (χ1v) is 10.6. The van der Waals surface area contributed by atoms with Gasteiger partial charge in [-0.05, 0) is 42.0 Å². The number of hydrogen-bond acceptors (Lipinski definition) is 7. The van der Waals surface area contributed by atoms with Crippen molar-refractivity contribution in [1.82, 2.24) is 25.1 Å². The molecule has 1 N–H and O–H groups in total. The quantitative estimate of drug-likeness (QED) is 0.429. The van der Waals surface area contributed by atoms with E-state index in [1.165, 1.54) is 23.2 Å². The predicted octanol–water partition coefficient (Wildman–Crippen LogP) is 4.55. The lowest BCUT2D eigenvalue weighted by molar-refractivity contribution is 0.0332. The van der Waals surface area contributed by atoms with E-state index in [2.05, 4.69) is 20.2 Å². The van der Waals surface area contributed by atoms with Gasteiger partial charge in [0.25, 0.3) is 11.8 Å². The normalized spacial score (nSPS) is 15.0. The van der Waals surface area contributed by atoms with Gasteiger partial charge in [-0.15, -0.1) is 10.2 Å². The Morgan fingerprint density at radius 2 is 1.85 bits per heavy atom. The summed E-state index contributed by atoms with van der Waals surface area (Å²) in [6, 6.07) is 12.3. The number of rotatable bonds is 6. The predicted molar refractivity (Wildman–Crippen MR) is 116 cm³/mol. The Hall–Kier alpha value is -3.76. The van der Waals surface area contributed by atoms with Gasteiger partial charge in [0.1, 0.15) is 12.1 Å². The van der Waals surface area contributed by atoms with Crippen molar-refractivity contribution in [3.8, 4) is 11.5 Å². The van der Waals surface area contributed by atoms with Gasteiger partial charge in [-0.2, -0.15) is 8.78 Å². The van der Waals surface area contributed by atoms with Crippen LogP contribution in [0.5, 0.6) is 0 Å². The molecule has 0 bridgehead atoms. The molecular weight excluding hydrogens is 468 g/mol. The number of fused-ring (bicyclic) bond motifs is 1. The van der Waals surface area contributed by atoms with Gasteiger partial charge in [-0.25, -0.2) is 0 Å². The topological polar surface area (TPSA) is 105 Å². The summed E-state index contributed by atoms with van der Waals surface area (Å²) in [4.78, 5) is 23.5. The second-order valence-corrected chi connectivity index (χ2v) is 8.03. The van der Waals surface area contributed by atoms with Crippen LogP contribution in [-0.4, -0.2) is 36.1 Å². The third-order valence-corrected chi connectivity index (χ3v) is 5.72. The molecule has 0 spiro atoms. The molecule has 11 heteroatoms. The van der Waals surface area contributed by atoms with Crippen LogP contribution in [0.4, 0.5) is 8.78 Å². The monoisotopic (exact) mass is 483 g/mol. The van der Waals surface area contributed by atoms with E-state index in [-0.39, 0.29) is 24.0 Å². The Balaban J connectivity index is 1.51. The molecule has 0 saturated heterocycles. The zero-order valence-corrected chi connectivity index (χ0v) is 18.1. The second kappa shape index (κ2) is 8.88. The maximum atomic E-state index is 13.5. The Kier molecular flexibility index (Phi) is 5.76. The fourth-order valence-corrected chi connectivity index (χ4v) is 4.08. The van der Waals surface area contributed by atoms with Gasteiger partial charge in [0, 0.05) is 35.1 Å². The third-order valence-electron chi connectivity index (χ3n) is 5.49. The van der Waals surface area contributed by atoms with Gasteiger partial charge >= 0.3 is 6.43 Å². The third kappa shape index (κ3) is 4.02. The highest BCUT2D eigenvalue weighted by atomic mass is 35.5. The molecule has 34 heavy (non-hydrogen) atoms. The van der Waals surface area contributed by atoms with Crippen LogP contribution >= 0.6 is 11.6 Å². The highest BCUT2D eigenvalue weighted by Gasteiger charge is 2.39. The van der Waals surface area contributed by atoms with Crippen LogP contribution in [0.3, 0.4) is 0 Å². The first kappa shape index (κ1) is 22.1. The van der Waals surface area contributed by atoms with Crippen LogP contribution in [0.1, 0.15) is 51.8 Å². The molecule has 0 fully saturated rings. The molecule has 0 aliphatic carbocycles. The summed E-state index contributed by atoms with van der Waals surface area (Å²) in [5.41, 5.74) is 2.12. The van der Waals surface area contributed by atoms with E-state index in [9.17, 15) is 18.7 Å². The van der Waals surface area contributed by atoms with Gasteiger partial charge in [0.15, 0.2) is 0 Å². The summed E-state index contributed by atoms with van der Waals surface area (Å²) in [6.45, 7) is 0.194. The van der Waals surface area contributed by atoms with E-state index in [0.29, 0.717) is 27.4 Å². The van der Waals surface area contributed by atoms with E-state index in [4.69, 9.17) is 16.0 Å². The molecule has 8 nitrogen and oxygen atoms in total. The molecule has 0 radical (unpaired) electrons. The fourth-order valence-electron chi connectivity index (χ4n) is 3.91. The number of alkyl halides is 2. The molecule has 0 saturated carbocycles. The fraction of sp³-hybridized carbons (Fsp3) is 0.174. The minimum atomic E-state index is -2.89. The van der Waals surface area contributed by atoms with Crippen molar-refractivity contribution in [2.24, 2.45) is 0 Å². The number of benzene rings is 1. The number of amides is 1. The molecule has 1 aliphatic rings. The lowest BCUT2D eigenvalue weighted by Gasteiger charge is -2.31. The molecule has 1 aromatic carbocycles. The lowest BCUT2D eigenvalue weighted by atomic mass is 10.0. The van der Waals surface area contributed by atoms with Gasteiger partial charge in [-0.1, -0.05) is 23.7 Å². The van der Waals surface area contributed by atoms with Crippen LogP contribution in [0.25, 0.3) is 11.5 Å². The van der Waals surface area contributed by atoms with Crippen LogP contribution < -0.4 is 0 Å². The van der Waals surface area contributed by atoms with Crippen molar-refractivity contribution >= 4 is 17.5 Å². The molecule has 172 valence electrons. The summed E-state index contributed by atoms with van der Waals surface area (Å²) in [5.74, 6) is -1.29. The van der Waals surface area contributed by atoms with Gasteiger partial charge < -0.3 is 14.4 Å². The number of carbonyl (C=O) groups is 1. The Labute approximate surface area is 196 Å². The molecule has 3 aromatic heterocycles. The van der Waals surface area contributed by atoms with Crippen molar-refractivity contribution in [2.75, 3.05) is 0 Å². The minimum absolute atomic E-state index is 0.117. The van der Waals surface area contributed by atoms with Gasteiger partial charge in [0.05, 0.1) is 11.4 Å². The maximum Gasteiger partial charge on any atom is 0.314 e. The standard InChI is InChI=1S/C23H16ClF2N5O3/c24-14-6-8-28-17(10-14)19(32)18(16-3-1-2-7-27-16)31-11-13-5-4-12(9-15(13)23(31)33)21-29-30-22(34-21)20(25)26/h1-10,18-20,32H,11H2/t18-,19+/m1/s1. The van der Waals surface area contributed by atoms with E-state index in [0.717, 1.165) is 0 Å². The SMILES string of the molecule is O=C1c2cc(-c3nnc(C(F)F)o3)ccc2CN1[C@H](c1ccccn1)[C@@H](O)c1cc(Cl)ccn1. The van der Waals surface area contributed by atoms with Crippen molar-refractivity contribution in [1.29, 1.82) is 0 Å². The highest BCUT2D eigenvalue weighted by molar-refractivity contribution is 6.30. The first-order chi connectivity index (χ1) is 16.4. The second-order valence-electron chi connectivity index (χ2n) is 7.59. The smallest absolute Gasteiger partial charge is 0.314 e. The number of halogens is 3. The van der Waals surface area contributed by atoms with Crippen molar-refractivity contribution in [2.45, 2.75) is 25.1 Å². The largest absolute Gasteiger partial charge is 0.415 e. The number of nitrogens with zero attached hydrogens (tertiary/aromatic N) is 5. The average molecular weight is 484 g/mol. The Morgan fingerprint density at radius 1 is 1.03 bits per heavy atom. The molecular formula is C23H16ClF2N5O3. The Morgan fingerprint density at radius 3 is 2.56 bits per heavy atom. The first-order valence-electron chi connectivity index (χ1n) is 10.2. The van der Waals surface area contributed by atoms with Gasteiger partial charge in [-0.3, -0.25) is 14.8 Å². The lowest BCUT2D eigenvalue weighted by Crippen LogP contribution is -2.34. The summed E-state index contributed by atoms with van der Waals surface area (Å²) in [6.07, 6.45) is -1.06. The van der Waals surface area contributed by atoms with Crippen LogP contribution in [0.15, 0.2) is 65.3 Å². The number of aromatic nitrogens is 4. The van der Waals surface area contributed by atoms with E-state index in [1.807, 2.05) is 0 Å². The van der Waals surface area contributed by atoms with E-state index >= 15 is 0 Å². The van der Waals surface area contributed by atoms with Crippen molar-refractivity contribution < 1.29 is 23.1 Å². The van der Waals surface area contributed by atoms with Crippen LogP contribution in [0, 0.1) is 0 Å². The number of pyridine rings is 2. The van der Waals surface area contributed by atoms with Crippen LogP contribution in [0.2, 0.25) is 5.02 Å². The summed E-state index contributed by atoms with van der Waals surface area (Å²) >= 11 is 6.08. The summed E-state index contributed by atoms with van der Waals surface area (Å²) in [7, 11) is 0. The molecule has 1 aliphatic heterocycles. The Bertz CT molecular complexity index is 1350. The summed E-state index contributed by atoms with van der Waals surface area (Å²) in [5, 5.41) is 18.6. The molecule has 0 unspecified atom stereocenters. The number of aliphatic hydroxyl groups is 1. The maximum absolute atomic E-state index is 13.5. The minimum Gasteiger partial charge on any atom is -0.415 e. The number of hydrogen-bond donors (Lipinski definition) is 1. The van der Waals surface area contributed by atoms with Crippen molar-refractivity contribution in [3.05, 3.63) is 94.4 Å². The molecule has 4 heterocycles. The van der Waals surface area contributed by atoms with Crippen molar-refractivity contribution in [3.63, 3.8) is 0 Å². The zero-order chi connectivity index (χ0) is 23.8. The van der Waals surface area contributed by atoms with E-state index in [1.54, 1.807) is 42.6 Å².